The predicted octanol–water partition coefficient (Wildman–Crippen LogP) is 4.01. The summed E-state index contributed by atoms with van der Waals surface area (Å²) in [7, 11) is 0. The molecule has 4 rings (SSSR count). The number of aldehydes is 1. The number of halogens is 4. The molecule has 3 heterocycles. The third-order valence-corrected chi connectivity index (χ3v) is 4.87. The molecule has 0 spiro atoms. The van der Waals surface area contributed by atoms with Crippen molar-refractivity contribution in [2.75, 3.05) is 0 Å². The Bertz CT molecular complexity index is 1210. The van der Waals surface area contributed by atoms with Crippen molar-refractivity contribution in [1.82, 2.24) is 25.5 Å². The fourth-order valence-corrected chi connectivity index (χ4v) is 3.33. The number of pyridine rings is 1. The molecule has 4 aromatic rings. The number of rotatable bonds is 7. The van der Waals surface area contributed by atoms with Crippen molar-refractivity contribution in [3.05, 3.63) is 71.3 Å². The maximum absolute atomic E-state index is 13.4. The summed E-state index contributed by atoms with van der Waals surface area (Å²) in [5.74, 6) is -1.33. The number of nitrogens with one attached hydrogen (secondary N) is 3. The van der Waals surface area contributed by atoms with Crippen LogP contribution in [0.25, 0.3) is 22.4 Å². The van der Waals surface area contributed by atoms with Crippen LogP contribution >= 0.6 is 0 Å². The Balaban J connectivity index is 1.44. The third-order valence-electron chi connectivity index (χ3n) is 4.87. The molecule has 1 atom stereocenters. The minimum Gasteiger partial charge on any atom is -0.360 e. The molecule has 0 aliphatic heterocycles. The number of carbonyl (C=O) groups is 1. The molecule has 3 aromatic heterocycles. The smallest absolute Gasteiger partial charge is 0.360 e. The first-order chi connectivity index (χ1) is 14.8. The van der Waals surface area contributed by atoms with Crippen LogP contribution in [0.1, 0.15) is 16.7 Å². The number of fused-ring (bicyclic) bond motifs is 1. The van der Waals surface area contributed by atoms with Crippen LogP contribution in [-0.2, 0) is 23.9 Å². The highest BCUT2D eigenvalue weighted by Gasteiger charge is 2.34. The van der Waals surface area contributed by atoms with E-state index in [9.17, 15) is 22.4 Å². The molecule has 3 N–H and O–H groups in total. The van der Waals surface area contributed by atoms with Crippen LogP contribution in [0, 0.1) is 5.82 Å². The van der Waals surface area contributed by atoms with Crippen LogP contribution < -0.4 is 5.32 Å². The van der Waals surface area contributed by atoms with Crippen molar-refractivity contribution in [2.24, 2.45) is 0 Å². The highest BCUT2D eigenvalue weighted by atomic mass is 19.4. The van der Waals surface area contributed by atoms with Gasteiger partial charge in [-0.2, -0.15) is 18.3 Å². The summed E-state index contributed by atoms with van der Waals surface area (Å²) in [6.45, 7) is -0.0130. The van der Waals surface area contributed by atoms with E-state index in [2.05, 4.69) is 25.5 Å². The van der Waals surface area contributed by atoms with Crippen LogP contribution in [-0.4, -0.2) is 32.5 Å². The molecular weight excluding hydrogens is 414 g/mol. The Morgan fingerprint density at radius 3 is 2.77 bits per heavy atom. The summed E-state index contributed by atoms with van der Waals surface area (Å²) >= 11 is 0. The lowest BCUT2D eigenvalue weighted by Crippen LogP contribution is -2.32. The largest absolute Gasteiger partial charge is 0.419 e. The number of aromatic nitrogens is 4. The highest BCUT2D eigenvalue weighted by molar-refractivity contribution is 5.89. The van der Waals surface area contributed by atoms with E-state index in [1.165, 1.54) is 6.07 Å². The third kappa shape index (κ3) is 4.48. The molecule has 160 valence electrons. The number of alkyl halides is 3. The molecule has 31 heavy (non-hydrogen) atoms. The van der Waals surface area contributed by atoms with Gasteiger partial charge in [0, 0.05) is 24.3 Å². The van der Waals surface area contributed by atoms with Crippen LogP contribution in [0.3, 0.4) is 0 Å². The Morgan fingerprint density at radius 2 is 2.00 bits per heavy atom. The van der Waals surface area contributed by atoms with E-state index >= 15 is 0 Å². The fourth-order valence-electron chi connectivity index (χ4n) is 3.33. The quantitative estimate of drug-likeness (QED) is 0.305. The first-order valence-electron chi connectivity index (χ1n) is 9.36. The second-order valence-corrected chi connectivity index (χ2v) is 7.03. The molecule has 6 nitrogen and oxygen atoms in total. The summed E-state index contributed by atoms with van der Waals surface area (Å²) in [5.41, 5.74) is 1.83. The molecule has 0 aliphatic rings. The molecule has 0 fully saturated rings. The van der Waals surface area contributed by atoms with Gasteiger partial charge in [0.05, 0.1) is 23.0 Å². The maximum atomic E-state index is 13.4. The van der Waals surface area contributed by atoms with Gasteiger partial charge in [0.15, 0.2) is 5.65 Å². The van der Waals surface area contributed by atoms with E-state index in [1.807, 2.05) is 12.1 Å². The van der Waals surface area contributed by atoms with Gasteiger partial charge >= 0.3 is 6.18 Å². The van der Waals surface area contributed by atoms with Crippen LogP contribution in [0.15, 0.2) is 48.8 Å². The maximum Gasteiger partial charge on any atom is 0.419 e. The zero-order chi connectivity index (χ0) is 22.0. The Morgan fingerprint density at radius 1 is 1.16 bits per heavy atom. The Labute approximate surface area is 173 Å². The highest BCUT2D eigenvalue weighted by Crippen LogP contribution is 2.32. The van der Waals surface area contributed by atoms with Crippen LogP contribution in [0.2, 0.25) is 0 Å². The second kappa shape index (κ2) is 8.31. The minimum absolute atomic E-state index is 0.0130. The normalized spacial score (nSPS) is 12.9. The average Bonchev–Trinajstić information content (AvgIpc) is 3.37. The van der Waals surface area contributed by atoms with Crippen molar-refractivity contribution >= 4 is 17.3 Å². The predicted molar refractivity (Wildman–Crippen MR) is 105 cm³/mol. The first kappa shape index (κ1) is 20.7. The fraction of sp³-hybridized carbons (Fsp3) is 0.190. The van der Waals surface area contributed by atoms with Crippen molar-refractivity contribution < 1.29 is 22.4 Å². The number of nitrogens with zero attached hydrogens (tertiary/aromatic N) is 2. The number of hydrogen-bond acceptors (Lipinski definition) is 4. The van der Waals surface area contributed by atoms with Gasteiger partial charge in [-0.15, -0.1) is 0 Å². The van der Waals surface area contributed by atoms with Gasteiger partial charge in [-0.25, -0.2) is 9.37 Å². The number of benzene rings is 1. The summed E-state index contributed by atoms with van der Waals surface area (Å²) in [6.07, 6.45) is -0.380. The topological polar surface area (TPSA) is 86.5 Å². The SMILES string of the molecule is O=CC(Cc1c[nH]c(-c2[nH]nc3ncccc23)c1)NCc1ccc(F)c(C(F)(F)F)c1. The zero-order valence-electron chi connectivity index (χ0n) is 16.0. The van der Waals surface area contributed by atoms with E-state index in [-0.39, 0.29) is 12.1 Å². The van der Waals surface area contributed by atoms with Crippen molar-refractivity contribution in [3.8, 4) is 11.4 Å². The minimum atomic E-state index is -4.78. The van der Waals surface area contributed by atoms with Gasteiger partial charge in [0.25, 0.3) is 0 Å². The number of hydrogen-bond donors (Lipinski definition) is 3. The van der Waals surface area contributed by atoms with E-state index < -0.39 is 23.6 Å². The standard InChI is InChI=1S/C21H17F4N5O/c22-17-4-3-12(7-16(17)21(23,24)25)9-27-14(11-31)6-13-8-18(28-10-13)19-15-2-1-5-26-20(15)30-29-19/h1-5,7-8,10-11,14,27-28H,6,9H2,(H,26,29,30). The van der Waals surface area contributed by atoms with Crippen LogP contribution in [0.4, 0.5) is 17.6 Å². The van der Waals surface area contributed by atoms with Gasteiger partial charge in [-0.3, -0.25) is 5.10 Å². The lowest BCUT2D eigenvalue weighted by molar-refractivity contribution is -0.140. The number of aromatic amines is 2. The summed E-state index contributed by atoms with van der Waals surface area (Å²) < 4.78 is 52.0. The molecule has 1 unspecified atom stereocenters. The first-order valence-corrected chi connectivity index (χ1v) is 9.36. The van der Waals surface area contributed by atoms with Gasteiger partial charge in [0.2, 0.25) is 0 Å². The monoisotopic (exact) mass is 431 g/mol. The van der Waals surface area contributed by atoms with Gasteiger partial charge in [-0.05, 0) is 47.9 Å². The number of H-pyrrole nitrogens is 2. The van der Waals surface area contributed by atoms with E-state index in [4.69, 9.17) is 0 Å². The Hall–Kier alpha value is -3.53. The molecule has 0 bridgehead atoms. The average molecular weight is 431 g/mol. The van der Waals surface area contributed by atoms with Gasteiger partial charge < -0.3 is 15.1 Å². The molecule has 0 aliphatic carbocycles. The Kier molecular flexibility index (Phi) is 5.55. The van der Waals surface area contributed by atoms with Crippen molar-refractivity contribution in [1.29, 1.82) is 0 Å². The van der Waals surface area contributed by atoms with E-state index in [1.54, 1.807) is 18.5 Å². The summed E-state index contributed by atoms with van der Waals surface area (Å²) in [5, 5.41) is 10.8. The van der Waals surface area contributed by atoms with Crippen LogP contribution in [0.5, 0.6) is 0 Å². The van der Waals surface area contributed by atoms with Gasteiger partial charge in [-0.1, -0.05) is 6.07 Å². The molecular formula is C21H17F4N5O. The molecule has 0 amide bonds. The van der Waals surface area contributed by atoms with Crippen molar-refractivity contribution in [2.45, 2.75) is 25.2 Å². The van der Waals surface area contributed by atoms with Crippen molar-refractivity contribution in [3.63, 3.8) is 0 Å². The van der Waals surface area contributed by atoms with E-state index in [0.29, 0.717) is 18.4 Å². The lowest BCUT2D eigenvalue weighted by Gasteiger charge is -2.14. The van der Waals surface area contributed by atoms with E-state index in [0.717, 1.165) is 34.5 Å². The summed E-state index contributed by atoms with van der Waals surface area (Å²) in [6, 6.07) is 7.69. The number of carbonyl (C=O) groups excluding carboxylic acids is 1. The summed E-state index contributed by atoms with van der Waals surface area (Å²) in [4.78, 5) is 18.8. The molecule has 10 heteroatoms. The molecule has 1 aromatic carbocycles. The molecule has 0 saturated carbocycles. The second-order valence-electron chi connectivity index (χ2n) is 7.03. The lowest BCUT2D eigenvalue weighted by atomic mass is 10.1. The van der Waals surface area contributed by atoms with Gasteiger partial charge in [0.1, 0.15) is 12.1 Å². The molecule has 0 saturated heterocycles. The molecule has 0 radical (unpaired) electrons. The zero-order valence-corrected chi connectivity index (χ0v) is 16.0.